The molecule has 4 aromatic rings. The van der Waals surface area contributed by atoms with E-state index < -0.39 is 0 Å². The second-order valence-electron chi connectivity index (χ2n) is 6.92. The smallest absolute Gasteiger partial charge is 0.0991 e. The molecule has 0 saturated carbocycles. The van der Waals surface area contributed by atoms with Crippen molar-refractivity contribution in [2.75, 3.05) is 0 Å². The third kappa shape index (κ3) is 4.07. The summed E-state index contributed by atoms with van der Waals surface area (Å²) >= 11 is 0. The molecule has 1 nitrogen and oxygen atoms in total. The summed E-state index contributed by atoms with van der Waals surface area (Å²) in [6, 6.07) is 34.0. The van der Waals surface area contributed by atoms with Gasteiger partial charge in [0.1, 0.15) is 0 Å². The van der Waals surface area contributed by atoms with Gasteiger partial charge in [0, 0.05) is 0 Å². The minimum absolute atomic E-state index is 0.698. The summed E-state index contributed by atoms with van der Waals surface area (Å²) in [5.74, 6) is 0. The van der Waals surface area contributed by atoms with Crippen molar-refractivity contribution >= 4 is 10.8 Å². The van der Waals surface area contributed by atoms with Crippen LogP contribution in [0, 0.1) is 11.3 Å². The number of benzene rings is 4. The van der Waals surface area contributed by atoms with Gasteiger partial charge in [0.05, 0.1) is 11.6 Å². The van der Waals surface area contributed by atoms with Gasteiger partial charge in [-0.1, -0.05) is 78.9 Å². The first-order valence-electron chi connectivity index (χ1n) is 9.39. The van der Waals surface area contributed by atoms with Crippen LogP contribution in [0.15, 0.2) is 91.0 Å². The number of nitriles is 1. The first-order chi connectivity index (χ1) is 13.3. The molecule has 0 saturated heterocycles. The van der Waals surface area contributed by atoms with E-state index in [-0.39, 0.29) is 0 Å². The largest absolute Gasteiger partial charge is 0.192 e. The average molecular weight is 347 g/mol. The predicted molar refractivity (Wildman–Crippen MR) is 113 cm³/mol. The number of fused-ring (bicyclic) bond motifs is 1. The Morgan fingerprint density at radius 3 is 1.89 bits per heavy atom. The summed E-state index contributed by atoms with van der Waals surface area (Å²) in [6.07, 6.45) is 3.33. The van der Waals surface area contributed by atoms with E-state index in [1.807, 2.05) is 24.3 Å². The van der Waals surface area contributed by atoms with Crippen molar-refractivity contribution in [3.05, 3.63) is 108 Å². The lowest BCUT2D eigenvalue weighted by Crippen LogP contribution is -1.91. The van der Waals surface area contributed by atoms with Gasteiger partial charge in [0.2, 0.25) is 0 Å². The van der Waals surface area contributed by atoms with Gasteiger partial charge < -0.3 is 0 Å². The van der Waals surface area contributed by atoms with Gasteiger partial charge in [-0.2, -0.15) is 5.26 Å². The van der Waals surface area contributed by atoms with E-state index in [1.165, 1.54) is 27.5 Å². The molecular weight excluding hydrogens is 326 g/mol. The minimum atomic E-state index is 0.698. The monoisotopic (exact) mass is 347 g/mol. The summed E-state index contributed by atoms with van der Waals surface area (Å²) in [5.41, 5.74) is 5.81. The normalized spacial score (nSPS) is 10.6. The second kappa shape index (κ2) is 7.89. The maximum Gasteiger partial charge on any atom is 0.0991 e. The van der Waals surface area contributed by atoms with Crippen LogP contribution < -0.4 is 0 Å². The SMILES string of the molecule is N#Cc1ccc(-c2ccc(CCCc3ccc4ccccc4c3)cc2)cc1. The Bertz CT molecular complexity index is 1080. The second-order valence-corrected chi connectivity index (χ2v) is 6.92. The molecule has 27 heavy (non-hydrogen) atoms. The molecule has 0 aliphatic heterocycles. The maximum atomic E-state index is 8.90. The zero-order valence-corrected chi connectivity index (χ0v) is 15.2. The van der Waals surface area contributed by atoms with Crippen molar-refractivity contribution in [1.82, 2.24) is 0 Å². The topological polar surface area (TPSA) is 23.8 Å². The van der Waals surface area contributed by atoms with Crippen molar-refractivity contribution < 1.29 is 0 Å². The molecule has 0 bridgehead atoms. The Kier molecular flexibility index (Phi) is 4.99. The molecule has 0 atom stereocenters. The number of aryl methyl sites for hydroxylation is 2. The van der Waals surface area contributed by atoms with Crippen molar-refractivity contribution in [1.29, 1.82) is 5.26 Å². The highest BCUT2D eigenvalue weighted by Crippen LogP contribution is 2.21. The summed E-state index contributed by atoms with van der Waals surface area (Å²) in [5, 5.41) is 11.5. The molecule has 0 aromatic heterocycles. The van der Waals surface area contributed by atoms with Crippen LogP contribution in [0.5, 0.6) is 0 Å². The maximum absolute atomic E-state index is 8.90. The van der Waals surface area contributed by atoms with E-state index in [2.05, 4.69) is 72.8 Å². The molecule has 4 rings (SSSR count). The first-order valence-corrected chi connectivity index (χ1v) is 9.39. The Morgan fingerprint density at radius 2 is 1.19 bits per heavy atom. The summed E-state index contributed by atoms with van der Waals surface area (Å²) in [4.78, 5) is 0. The third-order valence-electron chi connectivity index (χ3n) is 5.05. The highest BCUT2D eigenvalue weighted by molar-refractivity contribution is 5.83. The quantitative estimate of drug-likeness (QED) is 0.401. The van der Waals surface area contributed by atoms with Crippen LogP contribution in [0.25, 0.3) is 21.9 Å². The zero-order chi connectivity index (χ0) is 18.5. The first kappa shape index (κ1) is 17.1. The highest BCUT2D eigenvalue weighted by Gasteiger charge is 2.01. The molecule has 0 amide bonds. The molecule has 0 aliphatic carbocycles. The van der Waals surface area contributed by atoms with Crippen molar-refractivity contribution in [3.63, 3.8) is 0 Å². The standard InChI is InChI=1S/C26H21N/c27-19-22-11-16-25(17-12-22)24-13-8-20(9-14-24)4-3-5-21-10-15-23-6-1-2-7-26(23)18-21/h1-2,6-18H,3-5H2. The van der Waals surface area contributed by atoms with Gasteiger partial charge in [-0.25, -0.2) is 0 Å². The van der Waals surface area contributed by atoms with Crippen molar-refractivity contribution in [2.45, 2.75) is 19.3 Å². The van der Waals surface area contributed by atoms with Crippen LogP contribution in [0.4, 0.5) is 0 Å². The van der Waals surface area contributed by atoms with Gasteiger partial charge in [-0.15, -0.1) is 0 Å². The van der Waals surface area contributed by atoms with Crippen LogP contribution in [-0.4, -0.2) is 0 Å². The van der Waals surface area contributed by atoms with Crippen LogP contribution in [0.1, 0.15) is 23.1 Å². The van der Waals surface area contributed by atoms with Crippen LogP contribution in [0.3, 0.4) is 0 Å². The summed E-state index contributed by atoms with van der Waals surface area (Å²) in [6.45, 7) is 0. The zero-order valence-electron chi connectivity index (χ0n) is 15.2. The van der Waals surface area contributed by atoms with E-state index in [1.54, 1.807) is 0 Å². The molecular formula is C26H21N. The average Bonchev–Trinajstić information content (AvgIpc) is 2.74. The van der Waals surface area contributed by atoms with Gasteiger partial charge in [-0.05, 0) is 64.4 Å². The lowest BCUT2D eigenvalue weighted by Gasteiger charge is -2.06. The fraction of sp³-hybridized carbons (Fsp3) is 0.115. The molecule has 0 radical (unpaired) electrons. The highest BCUT2D eigenvalue weighted by atomic mass is 14.2. The van der Waals surface area contributed by atoms with E-state index in [4.69, 9.17) is 5.26 Å². The van der Waals surface area contributed by atoms with Crippen LogP contribution in [-0.2, 0) is 12.8 Å². The molecule has 0 fully saturated rings. The molecule has 0 heterocycles. The van der Waals surface area contributed by atoms with E-state index in [0.29, 0.717) is 5.56 Å². The Hall–Kier alpha value is -3.37. The van der Waals surface area contributed by atoms with Gasteiger partial charge in [0.15, 0.2) is 0 Å². The lowest BCUT2D eigenvalue weighted by atomic mass is 9.99. The van der Waals surface area contributed by atoms with Gasteiger partial charge >= 0.3 is 0 Å². The molecule has 4 aromatic carbocycles. The fourth-order valence-corrected chi connectivity index (χ4v) is 3.49. The van der Waals surface area contributed by atoms with Gasteiger partial charge in [0.25, 0.3) is 0 Å². The molecule has 0 aliphatic rings. The van der Waals surface area contributed by atoms with E-state index >= 15 is 0 Å². The lowest BCUT2D eigenvalue weighted by molar-refractivity contribution is 0.822. The van der Waals surface area contributed by atoms with Crippen molar-refractivity contribution in [3.8, 4) is 17.2 Å². The minimum Gasteiger partial charge on any atom is -0.192 e. The number of nitrogens with zero attached hydrogens (tertiary/aromatic N) is 1. The summed E-state index contributed by atoms with van der Waals surface area (Å²) in [7, 11) is 0. The third-order valence-corrected chi connectivity index (χ3v) is 5.05. The molecule has 130 valence electrons. The van der Waals surface area contributed by atoms with Gasteiger partial charge in [-0.3, -0.25) is 0 Å². The Labute approximate surface area is 160 Å². The number of rotatable bonds is 5. The van der Waals surface area contributed by atoms with E-state index in [9.17, 15) is 0 Å². The molecule has 0 N–H and O–H groups in total. The van der Waals surface area contributed by atoms with Crippen LogP contribution >= 0.6 is 0 Å². The number of hydrogen-bond donors (Lipinski definition) is 0. The number of hydrogen-bond acceptors (Lipinski definition) is 1. The molecule has 1 heteroatoms. The van der Waals surface area contributed by atoms with E-state index in [0.717, 1.165) is 24.8 Å². The summed E-state index contributed by atoms with van der Waals surface area (Å²) < 4.78 is 0. The Morgan fingerprint density at radius 1 is 0.593 bits per heavy atom. The predicted octanol–water partition coefficient (Wildman–Crippen LogP) is 6.55. The Balaban J connectivity index is 1.37. The molecule has 0 spiro atoms. The van der Waals surface area contributed by atoms with Crippen LogP contribution in [0.2, 0.25) is 0 Å². The van der Waals surface area contributed by atoms with Crippen molar-refractivity contribution in [2.24, 2.45) is 0 Å². The molecule has 0 unspecified atom stereocenters. The fourth-order valence-electron chi connectivity index (χ4n) is 3.49.